The van der Waals surface area contributed by atoms with Crippen LogP contribution in [0.3, 0.4) is 0 Å². The Labute approximate surface area is 141 Å². The van der Waals surface area contributed by atoms with Gasteiger partial charge in [-0.25, -0.2) is 8.78 Å². The Morgan fingerprint density at radius 1 is 1.00 bits per heavy atom. The van der Waals surface area contributed by atoms with E-state index in [4.69, 9.17) is 4.42 Å². The van der Waals surface area contributed by atoms with Crippen LogP contribution >= 0.6 is 0 Å². The molecule has 2 N–H and O–H groups in total. The molecule has 5 nitrogen and oxygen atoms in total. The van der Waals surface area contributed by atoms with Gasteiger partial charge in [-0.2, -0.15) is 0 Å². The van der Waals surface area contributed by atoms with Gasteiger partial charge >= 0.3 is 5.91 Å². The average molecular weight is 344 g/mol. The third-order valence-corrected chi connectivity index (χ3v) is 3.70. The molecule has 0 radical (unpaired) electrons. The Bertz CT molecular complexity index is 949. The number of hydrogen-bond acceptors (Lipinski definition) is 3. The first-order chi connectivity index (χ1) is 11.9. The van der Waals surface area contributed by atoms with Crippen LogP contribution in [0, 0.1) is 18.6 Å². The summed E-state index contributed by atoms with van der Waals surface area (Å²) in [5, 5.41) is 0.489. The summed E-state index contributed by atoms with van der Waals surface area (Å²) in [5.74, 6) is -1.96. The first-order valence-electron chi connectivity index (χ1n) is 7.46. The summed E-state index contributed by atoms with van der Waals surface area (Å²) in [6.45, 7) is 1.63. The molecule has 0 aliphatic carbocycles. The number of fused-ring (bicyclic) bond motifs is 1. The summed E-state index contributed by atoms with van der Waals surface area (Å²) in [6.07, 6.45) is -0.0229. The molecule has 0 bridgehead atoms. The zero-order valence-corrected chi connectivity index (χ0v) is 13.2. The largest absolute Gasteiger partial charge is 0.451 e. The number of amides is 2. The second-order valence-corrected chi connectivity index (χ2v) is 5.50. The van der Waals surface area contributed by atoms with Crippen LogP contribution < -0.4 is 10.9 Å². The minimum absolute atomic E-state index is 0.0114. The normalized spacial score (nSPS) is 10.7. The molecule has 0 fully saturated rings. The SMILES string of the molecule is Cc1c(C(=O)NNC(=O)Cc2ccc(F)cc2)oc2ccc(F)cc12. The molecule has 3 aromatic rings. The Morgan fingerprint density at radius 3 is 2.40 bits per heavy atom. The lowest BCUT2D eigenvalue weighted by molar-refractivity contribution is -0.121. The van der Waals surface area contributed by atoms with Crippen molar-refractivity contribution in [2.24, 2.45) is 0 Å². The molecular weight excluding hydrogens is 330 g/mol. The van der Waals surface area contributed by atoms with Crippen molar-refractivity contribution in [3.05, 3.63) is 71.0 Å². The van der Waals surface area contributed by atoms with Crippen LogP contribution in [0.15, 0.2) is 46.9 Å². The molecule has 2 aromatic carbocycles. The topological polar surface area (TPSA) is 71.3 Å². The van der Waals surface area contributed by atoms with Crippen molar-refractivity contribution in [1.82, 2.24) is 10.9 Å². The van der Waals surface area contributed by atoms with Gasteiger partial charge in [0.15, 0.2) is 5.76 Å². The van der Waals surface area contributed by atoms with Gasteiger partial charge in [-0.05, 0) is 42.8 Å². The van der Waals surface area contributed by atoms with E-state index in [1.165, 1.54) is 42.5 Å². The number of benzene rings is 2. The van der Waals surface area contributed by atoms with Gasteiger partial charge in [-0.15, -0.1) is 0 Å². The van der Waals surface area contributed by atoms with Crippen LogP contribution in [0.4, 0.5) is 8.78 Å². The fourth-order valence-electron chi connectivity index (χ4n) is 2.42. The van der Waals surface area contributed by atoms with Gasteiger partial charge in [0.25, 0.3) is 0 Å². The number of nitrogens with one attached hydrogen (secondary N) is 2. The molecular formula is C18H14F2N2O3. The summed E-state index contributed by atoms with van der Waals surface area (Å²) in [7, 11) is 0. The van der Waals surface area contributed by atoms with Gasteiger partial charge in [0.1, 0.15) is 17.2 Å². The molecule has 128 valence electrons. The number of hydrazine groups is 1. The number of halogens is 2. The highest BCUT2D eigenvalue weighted by atomic mass is 19.1. The lowest BCUT2D eigenvalue weighted by atomic mass is 10.1. The van der Waals surface area contributed by atoms with Crippen molar-refractivity contribution in [2.45, 2.75) is 13.3 Å². The molecule has 1 aromatic heterocycles. The zero-order chi connectivity index (χ0) is 18.0. The smallest absolute Gasteiger partial charge is 0.305 e. The molecule has 0 spiro atoms. The maximum Gasteiger partial charge on any atom is 0.305 e. The Hall–Kier alpha value is -3.22. The number of hydrogen-bond donors (Lipinski definition) is 2. The molecule has 1 heterocycles. The van der Waals surface area contributed by atoms with Gasteiger partial charge in [-0.3, -0.25) is 20.4 Å². The molecule has 7 heteroatoms. The van der Waals surface area contributed by atoms with E-state index in [9.17, 15) is 18.4 Å². The van der Waals surface area contributed by atoms with Gasteiger partial charge < -0.3 is 4.42 Å². The molecule has 0 atom stereocenters. The number of rotatable bonds is 3. The number of carbonyl (C=O) groups is 2. The molecule has 0 saturated carbocycles. The van der Waals surface area contributed by atoms with Gasteiger partial charge in [0, 0.05) is 10.9 Å². The molecule has 25 heavy (non-hydrogen) atoms. The maximum absolute atomic E-state index is 13.3. The van der Waals surface area contributed by atoms with Gasteiger partial charge in [0.2, 0.25) is 5.91 Å². The average Bonchev–Trinajstić information content (AvgIpc) is 2.91. The highest BCUT2D eigenvalue weighted by molar-refractivity contribution is 5.99. The fourth-order valence-corrected chi connectivity index (χ4v) is 2.42. The summed E-state index contributed by atoms with van der Waals surface area (Å²) in [5.41, 5.74) is 5.96. The first-order valence-corrected chi connectivity index (χ1v) is 7.46. The monoisotopic (exact) mass is 344 g/mol. The Balaban J connectivity index is 1.65. The lowest BCUT2D eigenvalue weighted by Crippen LogP contribution is -2.42. The van der Waals surface area contributed by atoms with Gasteiger partial charge in [-0.1, -0.05) is 12.1 Å². The number of carbonyl (C=O) groups excluding carboxylic acids is 2. The summed E-state index contributed by atoms with van der Waals surface area (Å²) < 4.78 is 31.5. The van der Waals surface area contributed by atoms with Crippen molar-refractivity contribution in [1.29, 1.82) is 0 Å². The van der Waals surface area contributed by atoms with E-state index in [-0.39, 0.29) is 12.2 Å². The third-order valence-electron chi connectivity index (χ3n) is 3.70. The first kappa shape index (κ1) is 16.6. The van der Waals surface area contributed by atoms with Crippen LogP contribution in [0.25, 0.3) is 11.0 Å². The molecule has 0 aliphatic rings. The molecule has 0 aliphatic heterocycles. The Kier molecular flexibility index (Phi) is 4.47. The van der Waals surface area contributed by atoms with E-state index in [0.717, 1.165) is 0 Å². The predicted molar refractivity (Wildman–Crippen MR) is 86.6 cm³/mol. The van der Waals surface area contributed by atoms with Crippen LogP contribution in [0.2, 0.25) is 0 Å². The van der Waals surface area contributed by atoms with E-state index in [0.29, 0.717) is 22.1 Å². The van der Waals surface area contributed by atoms with Crippen molar-refractivity contribution in [2.75, 3.05) is 0 Å². The molecule has 2 amide bonds. The van der Waals surface area contributed by atoms with E-state index in [2.05, 4.69) is 10.9 Å². The summed E-state index contributed by atoms with van der Waals surface area (Å²) in [4.78, 5) is 24.0. The summed E-state index contributed by atoms with van der Waals surface area (Å²) >= 11 is 0. The minimum atomic E-state index is -0.651. The van der Waals surface area contributed by atoms with E-state index in [1.54, 1.807) is 6.92 Å². The predicted octanol–water partition coefficient (Wildman–Crippen LogP) is 3.02. The van der Waals surface area contributed by atoms with Crippen molar-refractivity contribution >= 4 is 22.8 Å². The quantitative estimate of drug-likeness (QED) is 0.718. The maximum atomic E-state index is 13.3. The summed E-state index contributed by atoms with van der Waals surface area (Å²) in [6, 6.07) is 9.40. The highest BCUT2D eigenvalue weighted by Gasteiger charge is 2.18. The van der Waals surface area contributed by atoms with E-state index in [1.807, 2.05) is 0 Å². The van der Waals surface area contributed by atoms with Crippen molar-refractivity contribution in [3.8, 4) is 0 Å². The number of aryl methyl sites for hydroxylation is 1. The highest BCUT2D eigenvalue weighted by Crippen LogP contribution is 2.25. The molecule has 3 rings (SSSR count). The van der Waals surface area contributed by atoms with Crippen LogP contribution in [0.1, 0.15) is 21.7 Å². The second kappa shape index (κ2) is 6.72. The van der Waals surface area contributed by atoms with Gasteiger partial charge in [0.05, 0.1) is 6.42 Å². The second-order valence-electron chi connectivity index (χ2n) is 5.50. The molecule has 0 saturated heterocycles. The zero-order valence-electron chi connectivity index (χ0n) is 13.2. The molecule has 0 unspecified atom stereocenters. The standard InChI is InChI=1S/C18H14F2N2O3/c1-10-14-9-13(20)6-7-15(14)25-17(10)18(24)22-21-16(23)8-11-2-4-12(19)5-3-11/h2-7,9H,8H2,1H3,(H,21,23)(H,22,24). The van der Waals surface area contributed by atoms with Crippen LogP contribution in [-0.2, 0) is 11.2 Å². The van der Waals surface area contributed by atoms with E-state index < -0.39 is 23.4 Å². The number of furan rings is 1. The third kappa shape index (κ3) is 3.65. The minimum Gasteiger partial charge on any atom is -0.451 e. The van der Waals surface area contributed by atoms with Crippen molar-refractivity contribution < 1.29 is 22.8 Å². The van der Waals surface area contributed by atoms with E-state index >= 15 is 0 Å². The fraction of sp³-hybridized carbons (Fsp3) is 0.111. The lowest BCUT2D eigenvalue weighted by Gasteiger charge is -2.06. The van der Waals surface area contributed by atoms with Crippen LogP contribution in [0.5, 0.6) is 0 Å². The van der Waals surface area contributed by atoms with Crippen LogP contribution in [-0.4, -0.2) is 11.8 Å². The Morgan fingerprint density at radius 2 is 1.68 bits per heavy atom. The van der Waals surface area contributed by atoms with Crippen molar-refractivity contribution in [3.63, 3.8) is 0 Å².